The highest BCUT2D eigenvalue weighted by Crippen LogP contribution is 2.33. The maximum absolute atomic E-state index is 12.9. The summed E-state index contributed by atoms with van der Waals surface area (Å²) in [5.74, 6) is -0.248. The Morgan fingerprint density at radius 3 is 2.21 bits per heavy atom. The minimum Gasteiger partial charge on any atom is -0.372 e. The summed E-state index contributed by atoms with van der Waals surface area (Å²) < 4.78 is 32.3. The third-order valence-electron chi connectivity index (χ3n) is 6.59. The van der Waals surface area contributed by atoms with E-state index in [1.54, 1.807) is 45.0 Å². The van der Waals surface area contributed by atoms with E-state index < -0.39 is 14.8 Å². The first-order chi connectivity index (χ1) is 15.7. The fraction of sp³-hybridized carbons (Fsp3) is 0.500. The predicted octanol–water partition coefficient (Wildman–Crippen LogP) is 5.10. The summed E-state index contributed by atoms with van der Waals surface area (Å²) in [5, 5.41) is 3.00. The van der Waals surface area contributed by atoms with Gasteiger partial charge >= 0.3 is 0 Å². The molecule has 8 heteroatoms. The molecule has 1 aliphatic heterocycles. The van der Waals surface area contributed by atoms with E-state index in [9.17, 15) is 13.2 Å². The first-order valence-electron chi connectivity index (χ1n) is 11.7. The number of sulfonamides is 1. The molecular formula is C26H37N3O4S. The fourth-order valence-corrected chi connectivity index (χ4v) is 4.74. The number of nitrogens with zero attached hydrogens (tertiary/aromatic N) is 1. The number of ether oxygens (including phenoxy) is 1. The number of benzene rings is 2. The third-order valence-corrected chi connectivity index (χ3v) is 8.71. The molecule has 0 bridgehead atoms. The van der Waals surface area contributed by atoms with Crippen LogP contribution < -0.4 is 14.9 Å². The van der Waals surface area contributed by atoms with E-state index in [-0.39, 0.29) is 24.2 Å². The lowest BCUT2D eigenvalue weighted by Gasteiger charge is -2.43. The van der Waals surface area contributed by atoms with Crippen molar-refractivity contribution in [2.45, 2.75) is 78.4 Å². The largest absolute Gasteiger partial charge is 0.372 e. The second-order valence-electron chi connectivity index (χ2n) is 10.2. The second kappa shape index (κ2) is 9.58. The zero-order chi connectivity index (χ0) is 25.4. The van der Waals surface area contributed by atoms with Crippen molar-refractivity contribution >= 4 is 33.0 Å². The van der Waals surface area contributed by atoms with E-state index in [4.69, 9.17) is 4.74 Å². The van der Waals surface area contributed by atoms with Crippen LogP contribution in [-0.4, -0.2) is 43.9 Å². The molecule has 1 fully saturated rings. The monoisotopic (exact) mass is 487 g/mol. The first kappa shape index (κ1) is 26.0. The Bertz CT molecular complexity index is 1150. The standard InChI is InChI=1S/C26H37N3O4S/c1-16-15-29(19(4)20(5)33-16)24-14-13-23(17(2)18(24)3)27-25(30)21-9-11-22(12-10-21)28-34(31,32)26(6,7)8/h9-14,16,19-20,28H,15H2,1-8H3,(H,27,30). The molecule has 2 aromatic carbocycles. The molecule has 0 saturated carbocycles. The maximum atomic E-state index is 12.9. The van der Waals surface area contributed by atoms with Crippen LogP contribution in [0.3, 0.4) is 0 Å². The molecule has 3 unspecified atom stereocenters. The van der Waals surface area contributed by atoms with Gasteiger partial charge < -0.3 is 15.0 Å². The van der Waals surface area contributed by atoms with Gasteiger partial charge in [0, 0.05) is 29.2 Å². The van der Waals surface area contributed by atoms with Crippen molar-refractivity contribution < 1.29 is 17.9 Å². The summed E-state index contributed by atoms with van der Waals surface area (Å²) in [4.78, 5) is 15.3. The molecule has 1 amide bonds. The van der Waals surface area contributed by atoms with Crippen molar-refractivity contribution in [1.82, 2.24) is 0 Å². The van der Waals surface area contributed by atoms with Gasteiger partial charge in [-0.15, -0.1) is 0 Å². The molecule has 1 saturated heterocycles. The van der Waals surface area contributed by atoms with Crippen LogP contribution in [0.25, 0.3) is 0 Å². The molecular weight excluding hydrogens is 450 g/mol. The number of amides is 1. The lowest BCUT2D eigenvalue weighted by Crippen LogP contribution is -2.52. The minimum atomic E-state index is -3.53. The number of rotatable bonds is 5. The Kier molecular flexibility index (Phi) is 7.34. The molecule has 2 N–H and O–H groups in total. The van der Waals surface area contributed by atoms with E-state index in [1.165, 1.54) is 0 Å². The highest BCUT2D eigenvalue weighted by molar-refractivity contribution is 7.94. The van der Waals surface area contributed by atoms with E-state index in [0.717, 1.165) is 29.0 Å². The summed E-state index contributed by atoms with van der Waals surface area (Å²) in [7, 11) is -3.53. The zero-order valence-electron chi connectivity index (χ0n) is 21.4. The molecule has 34 heavy (non-hydrogen) atoms. The molecule has 7 nitrogen and oxygen atoms in total. The van der Waals surface area contributed by atoms with Crippen molar-refractivity contribution in [2.75, 3.05) is 21.5 Å². The number of anilines is 3. The van der Waals surface area contributed by atoms with Crippen molar-refractivity contribution in [3.8, 4) is 0 Å². The van der Waals surface area contributed by atoms with Crippen molar-refractivity contribution in [3.05, 3.63) is 53.1 Å². The SMILES string of the molecule is Cc1c(NC(=O)c2ccc(NS(=O)(=O)C(C)(C)C)cc2)ccc(N2CC(C)OC(C)C2C)c1C. The van der Waals surface area contributed by atoms with Gasteiger partial charge in [0.15, 0.2) is 0 Å². The van der Waals surface area contributed by atoms with Gasteiger partial charge in [-0.05, 0) is 103 Å². The van der Waals surface area contributed by atoms with Gasteiger partial charge in [0.05, 0.1) is 23.0 Å². The quantitative estimate of drug-likeness (QED) is 0.613. The summed E-state index contributed by atoms with van der Waals surface area (Å²) in [6.45, 7) is 16.2. The zero-order valence-corrected chi connectivity index (χ0v) is 22.2. The normalized spacial score (nSPS) is 21.3. The van der Waals surface area contributed by atoms with Gasteiger partial charge in [-0.3, -0.25) is 9.52 Å². The number of hydrogen-bond donors (Lipinski definition) is 2. The highest BCUT2D eigenvalue weighted by Gasteiger charge is 2.31. The van der Waals surface area contributed by atoms with Crippen molar-refractivity contribution in [2.24, 2.45) is 0 Å². The average Bonchev–Trinajstić information content (AvgIpc) is 2.74. The van der Waals surface area contributed by atoms with Gasteiger partial charge in [0.2, 0.25) is 10.0 Å². The van der Waals surface area contributed by atoms with Crippen LogP contribution in [0.4, 0.5) is 17.1 Å². The summed E-state index contributed by atoms with van der Waals surface area (Å²) >= 11 is 0. The molecule has 0 aliphatic carbocycles. The smallest absolute Gasteiger partial charge is 0.255 e. The Morgan fingerprint density at radius 2 is 1.62 bits per heavy atom. The van der Waals surface area contributed by atoms with Crippen LogP contribution in [0.1, 0.15) is 63.0 Å². The number of hydrogen-bond acceptors (Lipinski definition) is 5. The summed E-state index contributed by atoms with van der Waals surface area (Å²) in [6, 6.07) is 10.7. The van der Waals surface area contributed by atoms with Gasteiger partial charge in [-0.25, -0.2) is 8.42 Å². The predicted molar refractivity (Wildman–Crippen MR) is 139 cm³/mol. The van der Waals surface area contributed by atoms with Crippen LogP contribution in [-0.2, 0) is 14.8 Å². The van der Waals surface area contributed by atoms with E-state index >= 15 is 0 Å². The van der Waals surface area contributed by atoms with Crippen LogP contribution in [0.2, 0.25) is 0 Å². The van der Waals surface area contributed by atoms with Crippen molar-refractivity contribution in [3.63, 3.8) is 0 Å². The third kappa shape index (κ3) is 5.39. The van der Waals surface area contributed by atoms with E-state index in [0.29, 0.717) is 11.3 Å². The Balaban J connectivity index is 1.76. The number of morpholine rings is 1. The summed E-state index contributed by atoms with van der Waals surface area (Å²) in [5.41, 5.74) is 4.92. The van der Waals surface area contributed by atoms with E-state index in [2.05, 4.69) is 48.7 Å². The molecule has 3 atom stereocenters. The molecule has 1 heterocycles. The topological polar surface area (TPSA) is 87.7 Å². The highest BCUT2D eigenvalue weighted by atomic mass is 32.2. The minimum absolute atomic E-state index is 0.138. The molecule has 0 radical (unpaired) electrons. The molecule has 0 aromatic heterocycles. The lowest BCUT2D eigenvalue weighted by molar-refractivity contribution is -0.0258. The van der Waals surface area contributed by atoms with Gasteiger partial charge in [-0.2, -0.15) is 0 Å². The van der Waals surface area contributed by atoms with Crippen LogP contribution in [0, 0.1) is 13.8 Å². The molecule has 1 aliphatic rings. The maximum Gasteiger partial charge on any atom is 0.255 e. The fourth-order valence-electron chi connectivity index (χ4n) is 3.98. The number of nitrogens with one attached hydrogen (secondary N) is 2. The molecule has 2 aromatic rings. The number of carbonyl (C=O) groups is 1. The van der Waals surface area contributed by atoms with Gasteiger partial charge in [-0.1, -0.05) is 0 Å². The Morgan fingerprint density at radius 1 is 1.00 bits per heavy atom. The van der Waals surface area contributed by atoms with Gasteiger partial charge in [0.25, 0.3) is 5.91 Å². The van der Waals surface area contributed by atoms with Crippen LogP contribution in [0.5, 0.6) is 0 Å². The first-order valence-corrected chi connectivity index (χ1v) is 13.2. The number of carbonyl (C=O) groups excluding carboxylic acids is 1. The Hall–Kier alpha value is -2.58. The Labute approximate surface area is 203 Å². The van der Waals surface area contributed by atoms with Crippen LogP contribution >= 0.6 is 0 Å². The average molecular weight is 488 g/mol. The van der Waals surface area contributed by atoms with Crippen molar-refractivity contribution in [1.29, 1.82) is 0 Å². The molecule has 0 spiro atoms. The molecule has 186 valence electrons. The second-order valence-corrected chi connectivity index (χ2v) is 12.6. The van der Waals surface area contributed by atoms with Crippen LogP contribution in [0.15, 0.2) is 36.4 Å². The van der Waals surface area contributed by atoms with E-state index in [1.807, 2.05) is 13.0 Å². The lowest BCUT2D eigenvalue weighted by atomic mass is 10.0. The van der Waals surface area contributed by atoms with Gasteiger partial charge in [0.1, 0.15) is 0 Å². The summed E-state index contributed by atoms with van der Waals surface area (Å²) in [6.07, 6.45) is 0.291. The molecule has 3 rings (SSSR count).